The van der Waals surface area contributed by atoms with Crippen molar-refractivity contribution < 1.29 is 19.6 Å². The van der Waals surface area contributed by atoms with Crippen LogP contribution in [0.15, 0.2) is 0 Å². The molecule has 0 N–H and O–H groups in total. The van der Waals surface area contributed by atoms with Crippen LogP contribution in [0.1, 0.15) is 34.6 Å². The molecule has 12 heavy (non-hydrogen) atoms. The van der Waals surface area contributed by atoms with E-state index in [1.807, 2.05) is 27.7 Å². The fraction of sp³-hybridized carbons (Fsp3) is 0.875. The Morgan fingerprint density at radius 2 is 1.83 bits per heavy atom. The van der Waals surface area contributed by atoms with Gasteiger partial charge in [-0.05, 0) is 24.8 Å². The van der Waals surface area contributed by atoms with Crippen molar-refractivity contribution in [2.45, 2.75) is 40.2 Å². The fourth-order valence-electron chi connectivity index (χ4n) is 0.249. The molecule has 4 heteroatoms. The van der Waals surface area contributed by atoms with Crippen LogP contribution >= 0.6 is 0 Å². The molecule has 0 aromatic heterocycles. The Morgan fingerprint density at radius 1 is 1.33 bits per heavy atom. The lowest BCUT2D eigenvalue weighted by Crippen LogP contribution is -2.31. The second kappa shape index (κ2) is 4.42. The second-order valence-corrected chi connectivity index (χ2v) is 3.48. The summed E-state index contributed by atoms with van der Waals surface area (Å²) in [4.78, 5) is 19.3. The first-order valence-corrected chi connectivity index (χ1v) is 3.89. The lowest BCUT2D eigenvalue weighted by molar-refractivity contribution is -0.520. The maximum absolute atomic E-state index is 10.3. The van der Waals surface area contributed by atoms with E-state index in [0.717, 1.165) is 0 Å². The molecule has 0 amide bonds. The van der Waals surface area contributed by atoms with Crippen LogP contribution in [-0.2, 0) is 19.6 Å². The van der Waals surface area contributed by atoms with E-state index in [2.05, 4.69) is 9.93 Å². The van der Waals surface area contributed by atoms with Gasteiger partial charge in [0.2, 0.25) is 0 Å². The van der Waals surface area contributed by atoms with Gasteiger partial charge in [0.1, 0.15) is 5.60 Å². The predicted molar refractivity (Wildman–Crippen MR) is 42.9 cm³/mol. The third-order valence-electron chi connectivity index (χ3n) is 1.79. The number of hydrogen-bond acceptors (Lipinski definition) is 4. The third-order valence-corrected chi connectivity index (χ3v) is 1.79. The Kier molecular flexibility index (Phi) is 4.20. The Hall–Kier alpha value is -0.610. The predicted octanol–water partition coefficient (Wildman–Crippen LogP) is 1.85. The second-order valence-electron chi connectivity index (χ2n) is 3.48. The molecular weight excluding hydrogens is 160 g/mol. The number of hydrogen-bond donors (Lipinski definition) is 0. The van der Waals surface area contributed by atoms with Crippen molar-refractivity contribution in [2.75, 3.05) is 0 Å². The van der Waals surface area contributed by atoms with Gasteiger partial charge in [0.15, 0.2) is 0 Å². The molecule has 0 spiro atoms. The summed E-state index contributed by atoms with van der Waals surface area (Å²) in [5, 5.41) is 4.27. The van der Waals surface area contributed by atoms with Gasteiger partial charge in [-0.1, -0.05) is 13.8 Å². The molecule has 0 radical (unpaired) electrons. The topological polar surface area (TPSA) is 44.8 Å². The van der Waals surface area contributed by atoms with Gasteiger partial charge in [-0.15, -0.1) is 0 Å². The maximum Gasteiger partial charge on any atom is 0.342 e. The van der Waals surface area contributed by atoms with Crippen LogP contribution in [0.3, 0.4) is 0 Å². The highest BCUT2D eigenvalue weighted by atomic mass is 17.5. The summed E-state index contributed by atoms with van der Waals surface area (Å²) in [7, 11) is 0. The van der Waals surface area contributed by atoms with Crippen molar-refractivity contribution >= 4 is 5.97 Å². The average Bonchev–Trinajstić information content (AvgIpc) is 1.85. The van der Waals surface area contributed by atoms with Gasteiger partial charge in [0, 0.05) is 6.92 Å². The molecule has 0 saturated heterocycles. The van der Waals surface area contributed by atoms with E-state index in [-0.39, 0.29) is 5.92 Å². The van der Waals surface area contributed by atoms with E-state index in [1.54, 1.807) is 0 Å². The fourth-order valence-corrected chi connectivity index (χ4v) is 0.249. The SMILES string of the molecule is CC(=O)OOOC(C)(C)C(C)C. The van der Waals surface area contributed by atoms with Crippen LogP contribution in [0.5, 0.6) is 0 Å². The zero-order valence-corrected chi connectivity index (χ0v) is 8.21. The van der Waals surface area contributed by atoms with Gasteiger partial charge in [0.25, 0.3) is 0 Å². The van der Waals surface area contributed by atoms with Crippen LogP contribution in [0.25, 0.3) is 0 Å². The summed E-state index contributed by atoms with van der Waals surface area (Å²) in [5.41, 5.74) is -0.463. The molecule has 0 fully saturated rings. The Balaban J connectivity index is 3.69. The molecule has 0 unspecified atom stereocenters. The molecule has 0 aromatic rings. The molecule has 0 saturated carbocycles. The first-order valence-electron chi connectivity index (χ1n) is 3.89. The van der Waals surface area contributed by atoms with Crippen LogP contribution in [-0.4, -0.2) is 11.6 Å². The Labute approximate surface area is 72.7 Å². The highest BCUT2D eigenvalue weighted by Crippen LogP contribution is 2.20. The minimum atomic E-state index is -0.533. The van der Waals surface area contributed by atoms with Gasteiger partial charge in [-0.2, -0.15) is 4.89 Å². The summed E-state index contributed by atoms with van der Waals surface area (Å²) in [5.74, 6) is -0.261. The summed E-state index contributed by atoms with van der Waals surface area (Å²) < 4.78 is 0. The quantitative estimate of drug-likeness (QED) is 0.484. The van der Waals surface area contributed by atoms with Crippen molar-refractivity contribution in [3.8, 4) is 0 Å². The smallest absolute Gasteiger partial charge is 0.269 e. The number of rotatable bonds is 4. The lowest BCUT2D eigenvalue weighted by Gasteiger charge is -2.25. The molecule has 0 heterocycles. The van der Waals surface area contributed by atoms with Crippen molar-refractivity contribution in [1.82, 2.24) is 0 Å². The van der Waals surface area contributed by atoms with E-state index in [4.69, 9.17) is 4.89 Å². The summed E-state index contributed by atoms with van der Waals surface area (Å²) in [6.45, 7) is 8.91. The molecule has 0 aliphatic carbocycles. The van der Waals surface area contributed by atoms with Gasteiger partial charge in [-0.3, -0.25) is 4.89 Å². The molecule has 0 rings (SSSR count). The van der Waals surface area contributed by atoms with Gasteiger partial charge >= 0.3 is 5.97 Å². The minimum Gasteiger partial charge on any atom is -0.269 e. The Bertz CT molecular complexity index is 151. The molecule has 0 aromatic carbocycles. The van der Waals surface area contributed by atoms with Crippen molar-refractivity contribution in [1.29, 1.82) is 0 Å². The van der Waals surface area contributed by atoms with Crippen LogP contribution in [0.4, 0.5) is 0 Å². The highest BCUT2D eigenvalue weighted by molar-refractivity contribution is 5.65. The maximum atomic E-state index is 10.3. The summed E-state index contributed by atoms with van der Waals surface area (Å²) in [6.07, 6.45) is 0. The molecule has 0 atom stereocenters. The van der Waals surface area contributed by atoms with E-state index >= 15 is 0 Å². The third kappa shape index (κ3) is 4.31. The van der Waals surface area contributed by atoms with E-state index in [9.17, 15) is 4.79 Å². The van der Waals surface area contributed by atoms with Gasteiger partial charge < -0.3 is 0 Å². The first kappa shape index (κ1) is 11.4. The minimum absolute atomic E-state index is 0.271. The van der Waals surface area contributed by atoms with E-state index in [1.165, 1.54) is 6.92 Å². The van der Waals surface area contributed by atoms with Crippen LogP contribution in [0.2, 0.25) is 0 Å². The largest absolute Gasteiger partial charge is 0.342 e. The standard InChI is InChI=1S/C8H16O4/c1-6(2)8(4,5)11-12-10-7(3)9/h6H,1-5H3. The van der Waals surface area contributed by atoms with Crippen molar-refractivity contribution in [2.24, 2.45) is 5.92 Å². The first-order chi connectivity index (χ1) is 5.36. The van der Waals surface area contributed by atoms with Crippen LogP contribution in [0, 0.1) is 5.92 Å². The summed E-state index contributed by atoms with van der Waals surface area (Å²) >= 11 is 0. The average molecular weight is 176 g/mol. The van der Waals surface area contributed by atoms with Crippen LogP contribution < -0.4 is 0 Å². The monoisotopic (exact) mass is 176 g/mol. The molecule has 0 aliphatic rings. The molecule has 0 aliphatic heterocycles. The van der Waals surface area contributed by atoms with Crippen molar-refractivity contribution in [3.63, 3.8) is 0 Å². The normalized spacial score (nSPS) is 11.8. The lowest BCUT2D eigenvalue weighted by atomic mass is 9.95. The number of carbonyl (C=O) groups is 1. The van der Waals surface area contributed by atoms with Gasteiger partial charge in [-0.25, -0.2) is 4.79 Å². The molecule has 0 bridgehead atoms. The van der Waals surface area contributed by atoms with E-state index < -0.39 is 11.6 Å². The molecule has 72 valence electrons. The number of carbonyl (C=O) groups excluding carboxylic acids is 1. The van der Waals surface area contributed by atoms with Gasteiger partial charge in [0.05, 0.1) is 0 Å². The van der Waals surface area contributed by atoms with E-state index in [0.29, 0.717) is 0 Å². The zero-order chi connectivity index (χ0) is 9.78. The highest BCUT2D eigenvalue weighted by Gasteiger charge is 2.25. The molecule has 4 nitrogen and oxygen atoms in total. The Morgan fingerprint density at radius 3 is 2.17 bits per heavy atom. The van der Waals surface area contributed by atoms with Crippen molar-refractivity contribution in [3.05, 3.63) is 0 Å². The zero-order valence-electron chi connectivity index (χ0n) is 8.21. The summed E-state index contributed by atoms with van der Waals surface area (Å²) in [6, 6.07) is 0. The molecular formula is C8H16O4.